The van der Waals surface area contributed by atoms with E-state index in [4.69, 9.17) is 11.0 Å². The second-order valence-electron chi connectivity index (χ2n) is 4.88. The summed E-state index contributed by atoms with van der Waals surface area (Å²) in [6.07, 6.45) is 0.382. The van der Waals surface area contributed by atoms with Crippen LogP contribution in [0, 0.1) is 11.3 Å². The van der Waals surface area contributed by atoms with Crippen LogP contribution in [-0.4, -0.2) is 23.6 Å². The molecule has 2 unspecified atom stereocenters. The molecule has 1 aromatic carbocycles. The number of thioether (sulfide) groups is 1. The molecular weight excluding hydrogens is 242 g/mol. The highest BCUT2D eigenvalue weighted by Crippen LogP contribution is 2.30. The highest BCUT2D eigenvalue weighted by atomic mass is 32.2. The van der Waals surface area contributed by atoms with Gasteiger partial charge in [0.05, 0.1) is 12.5 Å². The molecule has 0 spiro atoms. The number of nitrogen functional groups attached to an aromatic ring is 1. The van der Waals surface area contributed by atoms with E-state index in [2.05, 4.69) is 36.9 Å². The summed E-state index contributed by atoms with van der Waals surface area (Å²) in [5.74, 6) is 0. The SMILES string of the molecule is CC1CN(c2ccc(N)c(CC#N)c2)CC(C)S1. The molecule has 2 atom stereocenters. The molecule has 1 aliphatic rings. The topological polar surface area (TPSA) is 53.0 Å². The first-order chi connectivity index (χ1) is 8.60. The van der Waals surface area contributed by atoms with Gasteiger partial charge in [0, 0.05) is 35.0 Å². The summed E-state index contributed by atoms with van der Waals surface area (Å²) in [6.45, 7) is 6.65. The lowest BCUT2D eigenvalue weighted by molar-refractivity contribution is 0.728. The lowest BCUT2D eigenvalue weighted by atomic mass is 10.1. The van der Waals surface area contributed by atoms with Gasteiger partial charge in [-0.05, 0) is 23.8 Å². The van der Waals surface area contributed by atoms with Crippen molar-refractivity contribution in [1.29, 1.82) is 5.26 Å². The van der Waals surface area contributed by atoms with Crippen molar-refractivity contribution < 1.29 is 0 Å². The Kier molecular flexibility index (Phi) is 4.03. The quantitative estimate of drug-likeness (QED) is 0.832. The number of anilines is 2. The molecule has 0 radical (unpaired) electrons. The maximum absolute atomic E-state index is 8.81. The zero-order chi connectivity index (χ0) is 13.1. The number of nitrogens with zero attached hydrogens (tertiary/aromatic N) is 2. The van der Waals surface area contributed by atoms with E-state index in [1.807, 2.05) is 17.8 Å². The van der Waals surface area contributed by atoms with Crippen molar-refractivity contribution in [3.05, 3.63) is 23.8 Å². The fraction of sp³-hybridized carbons (Fsp3) is 0.500. The summed E-state index contributed by atoms with van der Waals surface area (Å²) in [4.78, 5) is 2.39. The minimum Gasteiger partial charge on any atom is -0.398 e. The van der Waals surface area contributed by atoms with Gasteiger partial charge in [0.2, 0.25) is 0 Å². The second-order valence-corrected chi connectivity index (χ2v) is 6.76. The van der Waals surface area contributed by atoms with Crippen LogP contribution in [-0.2, 0) is 6.42 Å². The smallest absolute Gasteiger partial charge is 0.0670 e. The molecule has 96 valence electrons. The zero-order valence-electron chi connectivity index (χ0n) is 10.9. The Hall–Kier alpha value is -1.34. The average Bonchev–Trinajstić information content (AvgIpc) is 2.31. The van der Waals surface area contributed by atoms with E-state index in [0.717, 1.165) is 18.7 Å². The molecule has 0 aromatic heterocycles. The van der Waals surface area contributed by atoms with Gasteiger partial charge in [-0.1, -0.05) is 13.8 Å². The molecule has 1 saturated heterocycles. The molecule has 2 rings (SSSR count). The van der Waals surface area contributed by atoms with E-state index < -0.39 is 0 Å². The third-order valence-electron chi connectivity index (χ3n) is 3.18. The second kappa shape index (κ2) is 5.53. The van der Waals surface area contributed by atoms with Gasteiger partial charge in [-0.25, -0.2) is 0 Å². The standard InChI is InChI=1S/C14H19N3S/c1-10-8-17(9-11(2)18-10)13-3-4-14(16)12(7-13)5-6-15/h3-4,7,10-11H,5,8-9,16H2,1-2H3. The fourth-order valence-corrected chi connectivity index (χ4v) is 3.74. The normalized spacial score (nSPS) is 23.7. The molecule has 0 saturated carbocycles. The molecule has 1 fully saturated rings. The molecule has 2 N–H and O–H groups in total. The lowest BCUT2D eigenvalue weighted by Crippen LogP contribution is -2.40. The minimum atomic E-state index is 0.382. The summed E-state index contributed by atoms with van der Waals surface area (Å²) in [6, 6.07) is 8.21. The molecule has 4 heteroatoms. The molecule has 3 nitrogen and oxygen atoms in total. The van der Waals surface area contributed by atoms with Crippen molar-refractivity contribution in [3.8, 4) is 6.07 Å². The summed E-state index contributed by atoms with van der Waals surface area (Å²) in [5.41, 5.74) is 8.73. The van der Waals surface area contributed by atoms with E-state index in [1.54, 1.807) is 0 Å². The van der Waals surface area contributed by atoms with Gasteiger partial charge in [-0.15, -0.1) is 0 Å². The number of rotatable bonds is 2. The van der Waals surface area contributed by atoms with Crippen molar-refractivity contribution >= 4 is 23.1 Å². The van der Waals surface area contributed by atoms with Crippen LogP contribution in [0.15, 0.2) is 18.2 Å². The maximum Gasteiger partial charge on any atom is 0.0670 e. The molecule has 1 heterocycles. The van der Waals surface area contributed by atoms with Crippen molar-refractivity contribution in [2.75, 3.05) is 23.7 Å². The van der Waals surface area contributed by atoms with Crippen LogP contribution in [0.4, 0.5) is 11.4 Å². The van der Waals surface area contributed by atoms with Crippen molar-refractivity contribution in [1.82, 2.24) is 0 Å². The lowest BCUT2D eigenvalue weighted by Gasteiger charge is -2.36. The first kappa shape index (κ1) is 13.1. The number of hydrogen-bond donors (Lipinski definition) is 1. The Labute approximate surface area is 113 Å². The number of benzene rings is 1. The molecule has 0 bridgehead atoms. The van der Waals surface area contributed by atoms with Crippen LogP contribution in [0.25, 0.3) is 0 Å². The predicted octanol–water partition coefficient (Wildman–Crippen LogP) is 2.67. The van der Waals surface area contributed by atoms with Crippen molar-refractivity contribution in [2.45, 2.75) is 30.8 Å². The van der Waals surface area contributed by atoms with E-state index in [1.165, 1.54) is 5.69 Å². The Morgan fingerprint density at radius 2 is 2.06 bits per heavy atom. The number of nitrogens with two attached hydrogens (primary N) is 1. The summed E-state index contributed by atoms with van der Waals surface area (Å²) < 4.78 is 0. The third-order valence-corrected chi connectivity index (χ3v) is 4.41. The Bertz CT molecular complexity index is 457. The van der Waals surface area contributed by atoms with Crippen LogP contribution in [0.2, 0.25) is 0 Å². The monoisotopic (exact) mass is 261 g/mol. The highest BCUT2D eigenvalue weighted by molar-refractivity contribution is 8.00. The summed E-state index contributed by atoms with van der Waals surface area (Å²) in [5, 5.41) is 10.1. The molecule has 0 amide bonds. The van der Waals surface area contributed by atoms with Crippen LogP contribution in [0.5, 0.6) is 0 Å². The van der Waals surface area contributed by atoms with E-state index in [0.29, 0.717) is 22.6 Å². The number of nitriles is 1. The molecule has 0 aliphatic carbocycles. The first-order valence-corrected chi connectivity index (χ1v) is 7.20. The van der Waals surface area contributed by atoms with Crippen LogP contribution in [0.3, 0.4) is 0 Å². The molecular formula is C14H19N3S. The van der Waals surface area contributed by atoms with E-state index >= 15 is 0 Å². The van der Waals surface area contributed by atoms with Crippen molar-refractivity contribution in [2.24, 2.45) is 0 Å². The number of hydrogen-bond acceptors (Lipinski definition) is 4. The van der Waals surface area contributed by atoms with Gasteiger partial charge in [0.1, 0.15) is 0 Å². The van der Waals surface area contributed by atoms with E-state index in [9.17, 15) is 0 Å². The van der Waals surface area contributed by atoms with Crippen LogP contribution < -0.4 is 10.6 Å². The minimum absolute atomic E-state index is 0.382. The van der Waals surface area contributed by atoms with Crippen LogP contribution >= 0.6 is 11.8 Å². The Morgan fingerprint density at radius 1 is 1.39 bits per heavy atom. The van der Waals surface area contributed by atoms with Crippen LogP contribution in [0.1, 0.15) is 19.4 Å². The van der Waals surface area contributed by atoms with Gasteiger partial charge in [0.25, 0.3) is 0 Å². The van der Waals surface area contributed by atoms with E-state index in [-0.39, 0.29) is 0 Å². The molecule has 1 aromatic rings. The summed E-state index contributed by atoms with van der Waals surface area (Å²) in [7, 11) is 0. The predicted molar refractivity (Wildman–Crippen MR) is 78.9 cm³/mol. The largest absolute Gasteiger partial charge is 0.398 e. The van der Waals surface area contributed by atoms with Crippen molar-refractivity contribution in [3.63, 3.8) is 0 Å². The average molecular weight is 261 g/mol. The highest BCUT2D eigenvalue weighted by Gasteiger charge is 2.22. The van der Waals surface area contributed by atoms with Gasteiger partial charge in [-0.3, -0.25) is 0 Å². The maximum atomic E-state index is 8.81. The van der Waals surface area contributed by atoms with Gasteiger partial charge in [-0.2, -0.15) is 17.0 Å². The molecule has 18 heavy (non-hydrogen) atoms. The summed E-state index contributed by atoms with van der Waals surface area (Å²) >= 11 is 2.04. The molecule has 1 aliphatic heterocycles. The fourth-order valence-electron chi connectivity index (χ4n) is 2.42. The van der Waals surface area contributed by atoms with Gasteiger partial charge >= 0.3 is 0 Å². The third kappa shape index (κ3) is 2.91. The first-order valence-electron chi connectivity index (χ1n) is 6.26. The zero-order valence-corrected chi connectivity index (χ0v) is 11.7. The Morgan fingerprint density at radius 3 is 2.67 bits per heavy atom. The Balaban J connectivity index is 2.22. The van der Waals surface area contributed by atoms with Gasteiger partial charge in [0.15, 0.2) is 0 Å². The van der Waals surface area contributed by atoms with Gasteiger partial charge < -0.3 is 10.6 Å².